The molecule has 6 rings (SSSR count). The van der Waals surface area contributed by atoms with Crippen molar-refractivity contribution in [1.82, 2.24) is 14.8 Å². The molecule has 1 aliphatic rings. The van der Waals surface area contributed by atoms with Crippen molar-refractivity contribution >= 4 is 23.4 Å². The van der Waals surface area contributed by atoms with Gasteiger partial charge in [0.15, 0.2) is 0 Å². The fourth-order valence-electron chi connectivity index (χ4n) is 4.19. The molecule has 1 amide bonds. The summed E-state index contributed by atoms with van der Waals surface area (Å²) in [7, 11) is 0. The Labute approximate surface area is 208 Å². The number of carbonyl (C=O) groups is 1. The van der Waals surface area contributed by atoms with Crippen LogP contribution in [0.1, 0.15) is 11.1 Å². The first-order valence-electron chi connectivity index (χ1n) is 11.6. The molecule has 1 aliphatic heterocycles. The highest BCUT2D eigenvalue weighted by molar-refractivity contribution is 6.37. The summed E-state index contributed by atoms with van der Waals surface area (Å²) in [4.78, 5) is 18.0. The minimum atomic E-state index is -0.202. The van der Waals surface area contributed by atoms with Crippen molar-refractivity contribution < 1.29 is 4.79 Å². The molecule has 0 N–H and O–H groups in total. The lowest BCUT2D eigenvalue weighted by Gasteiger charge is -2.10. The highest BCUT2D eigenvalue weighted by Crippen LogP contribution is 2.31. The Bertz CT molecular complexity index is 1570. The molecule has 36 heavy (non-hydrogen) atoms. The van der Waals surface area contributed by atoms with Crippen LogP contribution in [-0.2, 0) is 4.79 Å². The zero-order chi connectivity index (χ0) is 24.3. The molecule has 0 saturated heterocycles. The minimum Gasteiger partial charge on any atom is -0.267 e. The van der Waals surface area contributed by atoms with Gasteiger partial charge in [-0.05, 0) is 42.5 Å². The molecule has 3 aromatic carbocycles. The van der Waals surface area contributed by atoms with Crippen LogP contribution >= 0.6 is 0 Å². The van der Waals surface area contributed by atoms with Gasteiger partial charge in [-0.3, -0.25) is 9.78 Å². The van der Waals surface area contributed by atoms with Gasteiger partial charge in [0, 0.05) is 35.3 Å². The molecule has 172 valence electrons. The number of amides is 1. The van der Waals surface area contributed by atoms with E-state index in [1.807, 2.05) is 120 Å². The maximum atomic E-state index is 13.7. The predicted octanol–water partition coefficient (Wildman–Crippen LogP) is 5.77. The number of benzene rings is 3. The van der Waals surface area contributed by atoms with Gasteiger partial charge in [0.1, 0.15) is 5.71 Å². The van der Waals surface area contributed by atoms with E-state index in [2.05, 4.69) is 4.98 Å². The summed E-state index contributed by atoms with van der Waals surface area (Å²) >= 11 is 0. The van der Waals surface area contributed by atoms with E-state index in [4.69, 9.17) is 10.2 Å². The van der Waals surface area contributed by atoms with Gasteiger partial charge in [0.2, 0.25) is 0 Å². The predicted molar refractivity (Wildman–Crippen MR) is 142 cm³/mol. The lowest BCUT2D eigenvalue weighted by Crippen LogP contribution is -2.21. The average Bonchev–Trinajstić information content (AvgIpc) is 3.52. The van der Waals surface area contributed by atoms with Crippen molar-refractivity contribution in [2.75, 3.05) is 5.01 Å². The molecular formula is C30H21N5O. The Morgan fingerprint density at radius 2 is 1.33 bits per heavy atom. The molecule has 0 aliphatic carbocycles. The SMILES string of the molecule is O=C1/C(=C\c2cn(-c3ccccc3)nc2-c2ccccc2)C(c2cccnc2)=NN1c1ccccc1. The summed E-state index contributed by atoms with van der Waals surface area (Å²) in [6.07, 6.45) is 7.26. The first kappa shape index (κ1) is 21.4. The Morgan fingerprint density at radius 3 is 2.00 bits per heavy atom. The van der Waals surface area contributed by atoms with Gasteiger partial charge in [-0.25, -0.2) is 4.68 Å². The summed E-state index contributed by atoms with van der Waals surface area (Å²) < 4.78 is 1.84. The van der Waals surface area contributed by atoms with Crippen LogP contribution in [0.25, 0.3) is 23.0 Å². The fourth-order valence-corrected chi connectivity index (χ4v) is 4.19. The van der Waals surface area contributed by atoms with Gasteiger partial charge < -0.3 is 0 Å². The molecule has 6 heteroatoms. The van der Waals surface area contributed by atoms with Gasteiger partial charge >= 0.3 is 0 Å². The van der Waals surface area contributed by atoms with Crippen molar-refractivity contribution in [3.05, 3.63) is 138 Å². The second-order valence-electron chi connectivity index (χ2n) is 8.28. The molecule has 0 bridgehead atoms. The summed E-state index contributed by atoms with van der Waals surface area (Å²) in [5.74, 6) is -0.202. The first-order chi connectivity index (χ1) is 17.8. The maximum Gasteiger partial charge on any atom is 0.281 e. The average molecular weight is 468 g/mol. The van der Waals surface area contributed by atoms with E-state index in [1.54, 1.807) is 12.4 Å². The molecule has 0 unspecified atom stereocenters. The third kappa shape index (κ3) is 4.01. The van der Waals surface area contributed by atoms with Gasteiger partial charge in [0.25, 0.3) is 5.91 Å². The smallest absolute Gasteiger partial charge is 0.267 e. The number of anilines is 1. The number of para-hydroxylation sites is 2. The van der Waals surface area contributed by atoms with Crippen LogP contribution in [0.5, 0.6) is 0 Å². The number of hydrogen-bond acceptors (Lipinski definition) is 4. The molecule has 0 atom stereocenters. The summed E-state index contributed by atoms with van der Waals surface area (Å²) in [5, 5.41) is 11.0. The van der Waals surface area contributed by atoms with E-state index in [-0.39, 0.29) is 5.91 Å². The summed E-state index contributed by atoms with van der Waals surface area (Å²) in [5.41, 5.74) is 6.03. The first-order valence-corrected chi connectivity index (χ1v) is 11.6. The van der Waals surface area contributed by atoms with Crippen LogP contribution < -0.4 is 5.01 Å². The fraction of sp³-hybridized carbons (Fsp3) is 0. The number of nitrogens with zero attached hydrogens (tertiary/aromatic N) is 5. The van der Waals surface area contributed by atoms with Crippen LogP contribution in [-0.4, -0.2) is 26.4 Å². The summed E-state index contributed by atoms with van der Waals surface area (Å²) in [6, 6.07) is 33.1. The topological polar surface area (TPSA) is 63.4 Å². The van der Waals surface area contributed by atoms with Gasteiger partial charge in [-0.1, -0.05) is 66.7 Å². The van der Waals surface area contributed by atoms with E-state index in [0.717, 1.165) is 28.1 Å². The largest absolute Gasteiger partial charge is 0.281 e. The monoisotopic (exact) mass is 467 g/mol. The third-order valence-electron chi connectivity index (χ3n) is 5.92. The zero-order valence-electron chi connectivity index (χ0n) is 19.3. The van der Waals surface area contributed by atoms with Crippen LogP contribution in [0.15, 0.2) is 132 Å². The highest BCUT2D eigenvalue weighted by atomic mass is 16.2. The van der Waals surface area contributed by atoms with E-state index in [9.17, 15) is 4.79 Å². The van der Waals surface area contributed by atoms with E-state index in [0.29, 0.717) is 17.0 Å². The molecule has 2 aromatic heterocycles. The highest BCUT2D eigenvalue weighted by Gasteiger charge is 2.32. The molecule has 6 nitrogen and oxygen atoms in total. The van der Waals surface area contributed by atoms with Crippen molar-refractivity contribution in [2.24, 2.45) is 5.10 Å². The quantitative estimate of drug-likeness (QED) is 0.308. The second-order valence-corrected chi connectivity index (χ2v) is 8.28. The maximum absolute atomic E-state index is 13.7. The zero-order valence-corrected chi connectivity index (χ0v) is 19.3. The van der Waals surface area contributed by atoms with Gasteiger partial charge in [-0.2, -0.15) is 15.2 Å². The number of carbonyl (C=O) groups excluding carboxylic acids is 1. The number of aromatic nitrogens is 3. The van der Waals surface area contributed by atoms with E-state index in [1.165, 1.54) is 5.01 Å². The molecule has 0 saturated carbocycles. The number of rotatable bonds is 5. The standard InChI is InChI=1S/C30H21N5O/c36-30-27(29(23-13-10-18-31-20-23)33-35(30)26-16-8-3-9-17-26)19-24-21-34(25-14-6-2-7-15-25)32-28(24)22-11-4-1-5-12-22/h1-21H/b27-19-. The lowest BCUT2D eigenvalue weighted by molar-refractivity contribution is -0.114. The van der Waals surface area contributed by atoms with E-state index >= 15 is 0 Å². The Hall–Kier alpha value is -5.10. The van der Waals surface area contributed by atoms with Crippen LogP contribution in [0, 0.1) is 0 Å². The third-order valence-corrected chi connectivity index (χ3v) is 5.92. The van der Waals surface area contributed by atoms with Crippen molar-refractivity contribution in [3.63, 3.8) is 0 Å². The van der Waals surface area contributed by atoms with Crippen molar-refractivity contribution in [1.29, 1.82) is 0 Å². The molecular weight excluding hydrogens is 446 g/mol. The second kappa shape index (κ2) is 9.27. The van der Waals surface area contributed by atoms with Crippen LogP contribution in [0.3, 0.4) is 0 Å². The van der Waals surface area contributed by atoms with Gasteiger partial charge in [-0.15, -0.1) is 0 Å². The number of pyridine rings is 1. The molecule has 5 aromatic rings. The Kier molecular flexibility index (Phi) is 5.52. The lowest BCUT2D eigenvalue weighted by atomic mass is 10.00. The Balaban J connectivity index is 1.52. The molecule has 0 fully saturated rings. The van der Waals surface area contributed by atoms with Crippen LogP contribution in [0.4, 0.5) is 5.69 Å². The van der Waals surface area contributed by atoms with Crippen molar-refractivity contribution in [2.45, 2.75) is 0 Å². The Morgan fingerprint density at radius 1 is 0.694 bits per heavy atom. The van der Waals surface area contributed by atoms with E-state index < -0.39 is 0 Å². The van der Waals surface area contributed by atoms with Crippen LogP contribution in [0.2, 0.25) is 0 Å². The van der Waals surface area contributed by atoms with Crippen molar-refractivity contribution in [3.8, 4) is 16.9 Å². The summed E-state index contributed by atoms with van der Waals surface area (Å²) in [6.45, 7) is 0. The number of hydrogen-bond donors (Lipinski definition) is 0. The molecule has 3 heterocycles. The minimum absolute atomic E-state index is 0.202. The van der Waals surface area contributed by atoms with Gasteiger partial charge in [0.05, 0.1) is 22.6 Å². The molecule has 0 spiro atoms. The number of hydrazone groups is 1. The normalized spacial score (nSPS) is 14.3. The molecule has 0 radical (unpaired) electrons.